The lowest BCUT2D eigenvalue weighted by molar-refractivity contribution is -0.122. The topological polar surface area (TPSA) is 38.3 Å². The Hall–Kier alpha value is -0.480. The molecule has 1 unspecified atom stereocenters. The van der Waals surface area contributed by atoms with Crippen molar-refractivity contribution in [3.05, 3.63) is 0 Å². The zero-order valence-electron chi connectivity index (χ0n) is 11.5. The lowest BCUT2D eigenvalue weighted by atomic mass is 10.0. The number of carbonyl (C=O) groups is 1. The summed E-state index contributed by atoms with van der Waals surface area (Å²) in [6, 6.07) is 0.420. The van der Waals surface area contributed by atoms with Crippen molar-refractivity contribution in [1.82, 2.24) is 5.32 Å². The molecule has 0 aliphatic rings. The number of halogens is 1. The van der Waals surface area contributed by atoms with Crippen LogP contribution in [0.4, 0.5) is 4.39 Å². The average molecular weight is 247 g/mol. The van der Waals surface area contributed by atoms with Crippen LogP contribution in [-0.2, 0) is 9.53 Å². The largest absolute Gasteiger partial charge is 0.377 e. The van der Waals surface area contributed by atoms with Gasteiger partial charge in [0.05, 0.1) is 13.2 Å². The summed E-state index contributed by atoms with van der Waals surface area (Å²) in [6.45, 7) is 9.11. The van der Waals surface area contributed by atoms with Gasteiger partial charge in [-0.25, -0.2) is 4.39 Å². The molecule has 4 heteroatoms. The van der Waals surface area contributed by atoms with Crippen molar-refractivity contribution in [2.75, 3.05) is 19.8 Å². The van der Waals surface area contributed by atoms with E-state index in [2.05, 4.69) is 19.2 Å². The molecule has 0 aliphatic carbocycles. The molecule has 0 amide bonds. The highest BCUT2D eigenvalue weighted by Gasteiger charge is 2.12. The number of ether oxygens (including phenoxy) is 1. The van der Waals surface area contributed by atoms with Crippen LogP contribution in [0.15, 0.2) is 0 Å². The van der Waals surface area contributed by atoms with E-state index < -0.39 is 6.17 Å². The van der Waals surface area contributed by atoms with E-state index in [1.165, 1.54) is 0 Å². The third-order valence-corrected chi connectivity index (χ3v) is 2.45. The summed E-state index contributed by atoms with van der Waals surface area (Å²) in [7, 11) is 0. The molecular formula is C13H26FNO2. The summed E-state index contributed by atoms with van der Waals surface area (Å²) < 4.78 is 18.5. The van der Waals surface area contributed by atoms with Crippen molar-refractivity contribution >= 4 is 5.78 Å². The van der Waals surface area contributed by atoms with Crippen molar-refractivity contribution in [2.24, 2.45) is 5.92 Å². The van der Waals surface area contributed by atoms with Crippen molar-refractivity contribution in [2.45, 2.75) is 52.8 Å². The molecule has 102 valence electrons. The van der Waals surface area contributed by atoms with E-state index in [1.807, 2.05) is 13.8 Å². The standard InChI is InChI=1S/C13H26FNO2/c1-10(2)13(16)6-5-12(14)9-17-8-7-15-11(3)4/h10-12,15H,5-9H2,1-4H3. The molecule has 1 N–H and O–H groups in total. The second-order valence-electron chi connectivity index (χ2n) is 4.94. The van der Waals surface area contributed by atoms with Crippen LogP contribution in [0.2, 0.25) is 0 Å². The Labute approximate surface area is 104 Å². The van der Waals surface area contributed by atoms with Crippen LogP contribution < -0.4 is 5.32 Å². The molecule has 0 rings (SSSR count). The van der Waals surface area contributed by atoms with Crippen LogP contribution in [0.25, 0.3) is 0 Å². The van der Waals surface area contributed by atoms with Gasteiger partial charge in [0.1, 0.15) is 12.0 Å². The Morgan fingerprint density at radius 2 is 1.94 bits per heavy atom. The molecule has 0 bridgehead atoms. The van der Waals surface area contributed by atoms with E-state index in [4.69, 9.17) is 4.74 Å². The van der Waals surface area contributed by atoms with Crippen molar-refractivity contribution < 1.29 is 13.9 Å². The molecule has 0 saturated heterocycles. The van der Waals surface area contributed by atoms with Crippen LogP contribution in [-0.4, -0.2) is 37.8 Å². The molecule has 1 atom stereocenters. The van der Waals surface area contributed by atoms with Gasteiger partial charge in [-0.2, -0.15) is 0 Å². The van der Waals surface area contributed by atoms with Gasteiger partial charge in [-0.05, 0) is 6.42 Å². The Balaban J connectivity index is 3.40. The van der Waals surface area contributed by atoms with Crippen LogP contribution in [0.3, 0.4) is 0 Å². The van der Waals surface area contributed by atoms with Gasteiger partial charge in [0, 0.05) is 24.9 Å². The van der Waals surface area contributed by atoms with Crippen molar-refractivity contribution in [1.29, 1.82) is 0 Å². The molecule has 0 fully saturated rings. The minimum atomic E-state index is -1.03. The first kappa shape index (κ1) is 16.5. The molecule has 3 nitrogen and oxygen atoms in total. The average Bonchev–Trinajstić information content (AvgIpc) is 2.24. The molecule has 0 radical (unpaired) electrons. The van der Waals surface area contributed by atoms with Gasteiger partial charge < -0.3 is 10.1 Å². The minimum Gasteiger partial charge on any atom is -0.377 e. The van der Waals surface area contributed by atoms with Crippen molar-refractivity contribution in [3.63, 3.8) is 0 Å². The smallest absolute Gasteiger partial charge is 0.135 e. The summed E-state index contributed by atoms with van der Waals surface area (Å²) in [5.74, 6) is 0.118. The summed E-state index contributed by atoms with van der Waals surface area (Å²) in [5, 5.41) is 3.18. The molecule has 17 heavy (non-hydrogen) atoms. The van der Waals surface area contributed by atoms with Crippen LogP contribution in [0.1, 0.15) is 40.5 Å². The first-order valence-electron chi connectivity index (χ1n) is 6.41. The van der Waals surface area contributed by atoms with E-state index >= 15 is 0 Å². The van der Waals surface area contributed by atoms with Gasteiger partial charge in [-0.15, -0.1) is 0 Å². The molecular weight excluding hydrogens is 221 g/mol. The van der Waals surface area contributed by atoms with E-state index in [1.54, 1.807) is 0 Å². The highest BCUT2D eigenvalue weighted by atomic mass is 19.1. The lowest BCUT2D eigenvalue weighted by Gasteiger charge is -2.11. The monoisotopic (exact) mass is 247 g/mol. The van der Waals surface area contributed by atoms with Gasteiger partial charge in [-0.3, -0.25) is 4.79 Å². The third-order valence-electron chi connectivity index (χ3n) is 2.45. The second kappa shape index (κ2) is 9.54. The first-order chi connectivity index (χ1) is 7.93. The summed E-state index contributed by atoms with van der Waals surface area (Å²) in [4.78, 5) is 11.3. The fraction of sp³-hybridized carbons (Fsp3) is 0.923. The van der Waals surface area contributed by atoms with E-state index in [0.29, 0.717) is 19.1 Å². The number of Topliss-reactive ketones (excluding diaryl/α,β-unsaturated/α-hetero) is 1. The van der Waals surface area contributed by atoms with E-state index in [0.717, 1.165) is 6.54 Å². The second-order valence-corrected chi connectivity index (χ2v) is 4.94. The number of alkyl halides is 1. The molecule has 0 saturated carbocycles. The molecule has 0 aromatic carbocycles. The fourth-order valence-electron chi connectivity index (χ4n) is 1.30. The number of hydrogen-bond donors (Lipinski definition) is 1. The van der Waals surface area contributed by atoms with Gasteiger partial charge in [0.15, 0.2) is 0 Å². The maximum atomic E-state index is 13.3. The maximum Gasteiger partial charge on any atom is 0.135 e. The van der Waals surface area contributed by atoms with E-state index in [9.17, 15) is 9.18 Å². The third kappa shape index (κ3) is 10.4. The molecule has 0 aromatic rings. The predicted molar refractivity (Wildman–Crippen MR) is 67.9 cm³/mol. The summed E-state index contributed by atoms with van der Waals surface area (Å²) >= 11 is 0. The van der Waals surface area contributed by atoms with Crippen LogP contribution in [0, 0.1) is 5.92 Å². The minimum absolute atomic E-state index is 0.00152. The molecule has 0 spiro atoms. The lowest BCUT2D eigenvalue weighted by Crippen LogP contribution is -2.27. The zero-order chi connectivity index (χ0) is 13.3. The quantitative estimate of drug-likeness (QED) is 0.602. The van der Waals surface area contributed by atoms with Gasteiger partial charge >= 0.3 is 0 Å². The summed E-state index contributed by atoms with van der Waals surface area (Å²) in [5.41, 5.74) is 0. The maximum absolute atomic E-state index is 13.3. The van der Waals surface area contributed by atoms with Gasteiger partial charge in [-0.1, -0.05) is 27.7 Å². The first-order valence-corrected chi connectivity index (χ1v) is 6.41. The van der Waals surface area contributed by atoms with Crippen molar-refractivity contribution in [3.8, 4) is 0 Å². The number of nitrogens with one attached hydrogen (secondary N) is 1. The Kier molecular flexibility index (Phi) is 9.27. The van der Waals surface area contributed by atoms with Crippen LogP contribution >= 0.6 is 0 Å². The predicted octanol–water partition coefficient (Wildman–Crippen LogP) is 2.34. The number of hydrogen-bond acceptors (Lipinski definition) is 3. The Morgan fingerprint density at radius 1 is 1.29 bits per heavy atom. The SMILES string of the molecule is CC(C)NCCOCC(F)CCC(=O)C(C)C. The van der Waals surface area contributed by atoms with E-state index in [-0.39, 0.29) is 24.7 Å². The summed E-state index contributed by atoms with van der Waals surface area (Å²) in [6.07, 6.45) is -0.446. The normalized spacial score (nSPS) is 13.4. The zero-order valence-corrected chi connectivity index (χ0v) is 11.5. The number of ketones is 1. The van der Waals surface area contributed by atoms with Gasteiger partial charge in [0.25, 0.3) is 0 Å². The number of rotatable bonds is 10. The van der Waals surface area contributed by atoms with Crippen LogP contribution in [0.5, 0.6) is 0 Å². The van der Waals surface area contributed by atoms with Gasteiger partial charge in [0.2, 0.25) is 0 Å². The fourth-order valence-corrected chi connectivity index (χ4v) is 1.30. The highest BCUT2D eigenvalue weighted by Crippen LogP contribution is 2.07. The Morgan fingerprint density at radius 3 is 2.47 bits per heavy atom. The number of carbonyl (C=O) groups excluding carboxylic acids is 1. The molecule has 0 aliphatic heterocycles. The highest BCUT2D eigenvalue weighted by molar-refractivity contribution is 5.80. The molecule has 0 heterocycles. The Bertz CT molecular complexity index is 208. The molecule has 0 aromatic heterocycles.